The van der Waals surface area contributed by atoms with Crippen molar-refractivity contribution in [1.29, 1.82) is 0 Å². The van der Waals surface area contributed by atoms with Crippen LogP contribution in [0, 0.1) is 0 Å². The van der Waals surface area contributed by atoms with Crippen molar-refractivity contribution in [3.8, 4) is 0 Å². The van der Waals surface area contributed by atoms with Crippen molar-refractivity contribution < 1.29 is 4.74 Å². The Morgan fingerprint density at radius 2 is 1.85 bits per heavy atom. The first kappa shape index (κ1) is 18.4. The van der Waals surface area contributed by atoms with E-state index in [1.54, 1.807) is 23.1 Å². The van der Waals surface area contributed by atoms with Gasteiger partial charge in [0, 0.05) is 31.1 Å². The first-order valence-corrected chi connectivity index (χ1v) is 10.8. The molecule has 5 nitrogen and oxygen atoms in total. The highest BCUT2D eigenvalue weighted by molar-refractivity contribution is 8.01. The number of anilines is 2. The number of nitrogens with zero attached hydrogens (tertiary/aromatic N) is 3. The number of benzene rings is 2. The second kappa shape index (κ2) is 9.32. The van der Waals surface area contributed by atoms with E-state index in [4.69, 9.17) is 4.74 Å². The monoisotopic (exact) mass is 398 g/mol. The van der Waals surface area contributed by atoms with E-state index in [0.717, 1.165) is 47.2 Å². The minimum Gasteiger partial charge on any atom is -0.375 e. The molecule has 7 heteroatoms. The van der Waals surface area contributed by atoms with Gasteiger partial charge in [-0.15, -0.1) is 10.2 Å². The van der Waals surface area contributed by atoms with Crippen LogP contribution in [0.3, 0.4) is 0 Å². The molecule has 1 unspecified atom stereocenters. The van der Waals surface area contributed by atoms with Crippen LogP contribution in [0.25, 0.3) is 0 Å². The Labute approximate surface area is 167 Å². The predicted octanol–water partition coefficient (Wildman–Crippen LogP) is 4.27. The van der Waals surface area contributed by atoms with Gasteiger partial charge in [-0.05, 0) is 17.7 Å². The SMILES string of the molecule is c1ccc(CN2CCOC(CSc3nnc(Nc4ccccc4)s3)C2)cc1. The van der Waals surface area contributed by atoms with Gasteiger partial charge in [0.1, 0.15) is 0 Å². The van der Waals surface area contributed by atoms with Crippen molar-refractivity contribution in [2.24, 2.45) is 0 Å². The van der Waals surface area contributed by atoms with Crippen LogP contribution < -0.4 is 5.32 Å². The summed E-state index contributed by atoms with van der Waals surface area (Å²) < 4.78 is 6.92. The fourth-order valence-corrected chi connectivity index (χ4v) is 4.80. The molecule has 4 rings (SSSR count). The zero-order chi connectivity index (χ0) is 18.3. The normalized spacial score (nSPS) is 17.7. The quantitative estimate of drug-likeness (QED) is 0.600. The highest BCUT2D eigenvalue weighted by Crippen LogP contribution is 2.29. The summed E-state index contributed by atoms with van der Waals surface area (Å²) in [4.78, 5) is 2.46. The summed E-state index contributed by atoms with van der Waals surface area (Å²) in [5.41, 5.74) is 2.38. The van der Waals surface area contributed by atoms with Crippen LogP contribution in [0.15, 0.2) is 65.0 Å². The number of thioether (sulfide) groups is 1. The predicted molar refractivity (Wildman–Crippen MR) is 112 cm³/mol. The number of hydrogen-bond donors (Lipinski definition) is 1. The number of hydrogen-bond acceptors (Lipinski definition) is 7. The van der Waals surface area contributed by atoms with Crippen LogP contribution >= 0.6 is 23.1 Å². The third-order valence-corrected chi connectivity index (χ3v) is 6.40. The molecule has 0 aliphatic carbocycles. The Kier molecular flexibility index (Phi) is 6.36. The Bertz CT molecular complexity index is 828. The summed E-state index contributed by atoms with van der Waals surface area (Å²) in [7, 11) is 0. The maximum atomic E-state index is 5.95. The fourth-order valence-electron chi connectivity index (χ4n) is 2.99. The second-order valence-electron chi connectivity index (χ2n) is 6.39. The van der Waals surface area contributed by atoms with Gasteiger partial charge in [-0.1, -0.05) is 71.6 Å². The third kappa shape index (κ3) is 5.52. The number of nitrogens with one attached hydrogen (secondary N) is 1. The lowest BCUT2D eigenvalue weighted by Gasteiger charge is -2.32. The van der Waals surface area contributed by atoms with Crippen LogP contribution in [-0.4, -0.2) is 46.7 Å². The summed E-state index contributed by atoms with van der Waals surface area (Å²) in [5.74, 6) is 0.894. The lowest BCUT2D eigenvalue weighted by molar-refractivity contribution is -0.0187. The standard InChI is InChI=1S/C20H22N4OS2/c1-3-7-16(8-4-1)13-24-11-12-25-18(14-24)15-26-20-23-22-19(27-20)21-17-9-5-2-6-10-17/h1-10,18H,11-15H2,(H,21,22). The number of ether oxygens (including phenoxy) is 1. The molecular formula is C20H22N4OS2. The number of aromatic nitrogens is 2. The lowest BCUT2D eigenvalue weighted by atomic mass is 10.2. The molecule has 1 atom stereocenters. The van der Waals surface area contributed by atoms with Gasteiger partial charge in [-0.25, -0.2) is 0 Å². The first-order chi connectivity index (χ1) is 13.3. The van der Waals surface area contributed by atoms with Gasteiger partial charge in [-0.3, -0.25) is 4.90 Å². The van der Waals surface area contributed by atoms with E-state index >= 15 is 0 Å². The van der Waals surface area contributed by atoms with E-state index in [0.29, 0.717) is 0 Å². The highest BCUT2D eigenvalue weighted by atomic mass is 32.2. The van der Waals surface area contributed by atoms with E-state index in [9.17, 15) is 0 Å². The van der Waals surface area contributed by atoms with E-state index in [2.05, 4.69) is 50.7 Å². The largest absolute Gasteiger partial charge is 0.375 e. The molecule has 2 aromatic carbocycles. The lowest BCUT2D eigenvalue weighted by Crippen LogP contribution is -2.43. The first-order valence-electron chi connectivity index (χ1n) is 9.01. The zero-order valence-electron chi connectivity index (χ0n) is 15.0. The average Bonchev–Trinajstić information content (AvgIpc) is 3.16. The molecule has 0 radical (unpaired) electrons. The van der Waals surface area contributed by atoms with Gasteiger partial charge in [0.15, 0.2) is 4.34 Å². The topological polar surface area (TPSA) is 50.3 Å². The molecular weight excluding hydrogens is 376 g/mol. The summed E-state index contributed by atoms with van der Waals surface area (Å²) in [6.45, 7) is 3.71. The number of morpholine rings is 1. The van der Waals surface area contributed by atoms with Crippen molar-refractivity contribution in [2.75, 3.05) is 30.8 Å². The molecule has 1 saturated heterocycles. The minimum absolute atomic E-state index is 0.224. The second-order valence-corrected chi connectivity index (χ2v) is 8.63. The number of para-hydroxylation sites is 1. The van der Waals surface area contributed by atoms with E-state index in [1.165, 1.54) is 5.56 Å². The van der Waals surface area contributed by atoms with Gasteiger partial charge < -0.3 is 10.1 Å². The van der Waals surface area contributed by atoms with Crippen LogP contribution in [0.2, 0.25) is 0 Å². The molecule has 1 fully saturated rings. The smallest absolute Gasteiger partial charge is 0.210 e. The Hall–Kier alpha value is -1.93. The molecule has 1 N–H and O–H groups in total. The maximum Gasteiger partial charge on any atom is 0.210 e. The molecule has 27 heavy (non-hydrogen) atoms. The fraction of sp³-hybridized carbons (Fsp3) is 0.300. The van der Waals surface area contributed by atoms with Gasteiger partial charge in [0.2, 0.25) is 5.13 Å². The van der Waals surface area contributed by atoms with Crippen LogP contribution in [0.4, 0.5) is 10.8 Å². The minimum atomic E-state index is 0.224. The summed E-state index contributed by atoms with van der Waals surface area (Å²) >= 11 is 3.30. The Morgan fingerprint density at radius 3 is 2.67 bits per heavy atom. The van der Waals surface area contributed by atoms with Gasteiger partial charge in [0.05, 0.1) is 12.7 Å². The molecule has 3 aromatic rings. The van der Waals surface area contributed by atoms with Crippen molar-refractivity contribution in [1.82, 2.24) is 15.1 Å². The molecule has 2 heterocycles. The molecule has 1 aliphatic rings. The van der Waals surface area contributed by atoms with Crippen LogP contribution in [0.1, 0.15) is 5.56 Å². The van der Waals surface area contributed by atoms with Crippen molar-refractivity contribution in [3.63, 3.8) is 0 Å². The molecule has 1 aliphatic heterocycles. The van der Waals surface area contributed by atoms with Gasteiger partial charge in [0.25, 0.3) is 0 Å². The molecule has 140 valence electrons. The van der Waals surface area contributed by atoms with E-state index in [1.807, 2.05) is 30.3 Å². The summed E-state index contributed by atoms with van der Waals surface area (Å²) in [6, 6.07) is 20.7. The Balaban J connectivity index is 1.26. The van der Waals surface area contributed by atoms with Crippen molar-refractivity contribution in [3.05, 3.63) is 66.2 Å². The van der Waals surface area contributed by atoms with Crippen LogP contribution in [0.5, 0.6) is 0 Å². The number of rotatable bonds is 7. The van der Waals surface area contributed by atoms with Gasteiger partial charge in [-0.2, -0.15) is 0 Å². The third-order valence-electron chi connectivity index (χ3n) is 4.30. The Morgan fingerprint density at radius 1 is 1.07 bits per heavy atom. The summed E-state index contributed by atoms with van der Waals surface area (Å²) in [6.07, 6.45) is 0.224. The van der Waals surface area contributed by atoms with Crippen molar-refractivity contribution >= 4 is 33.9 Å². The molecule has 0 saturated carbocycles. The van der Waals surface area contributed by atoms with Crippen LogP contribution in [-0.2, 0) is 11.3 Å². The molecule has 0 bridgehead atoms. The zero-order valence-corrected chi connectivity index (χ0v) is 16.6. The maximum absolute atomic E-state index is 5.95. The van der Waals surface area contributed by atoms with Gasteiger partial charge >= 0.3 is 0 Å². The summed E-state index contributed by atoms with van der Waals surface area (Å²) in [5, 5.41) is 12.6. The van der Waals surface area contributed by atoms with E-state index < -0.39 is 0 Å². The highest BCUT2D eigenvalue weighted by Gasteiger charge is 2.21. The molecule has 0 spiro atoms. The molecule has 0 amide bonds. The molecule has 1 aromatic heterocycles. The van der Waals surface area contributed by atoms with E-state index in [-0.39, 0.29) is 6.10 Å². The van der Waals surface area contributed by atoms with Crippen molar-refractivity contribution in [2.45, 2.75) is 17.0 Å². The average molecular weight is 399 g/mol.